The standard InChI is InChI=1S/C26H23NO2/c1-3-7-23(8-4-1)28-25-15-11-21(12-16-25)19-27-20-22-13-17-26(18-14-22)29-24-9-5-2-6-10-24/h1-18,27H,19-20H2. The number of hydrogen-bond acceptors (Lipinski definition) is 3. The minimum absolute atomic E-state index is 0.799. The summed E-state index contributed by atoms with van der Waals surface area (Å²) in [7, 11) is 0. The third kappa shape index (κ3) is 5.71. The average molecular weight is 381 g/mol. The van der Waals surface area contributed by atoms with Crippen molar-refractivity contribution in [2.24, 2.45) is 0 Å². The zero-order valence-electron chi connectivity index (χ0n) is 16.1. The van der Waals surface area contributed by atoms with Crippen molar-refractivity contribution < 1.29 is 9.47 Å². The molecular weight excluding hydrogens is 358 g/mol. The van der Waals surface area contributed by atoms with Gasteiger partial charge < -0.3 is 14.8 Å². The fourth-order valence-corrected chi connectivity index (χ4v) is 2.95. The lowest BCUT2D eigenvalue weighted by Crippen LogP contribution is -2.12. The summed E-state index contributed by atoms with van der Waals surface area (Å²) in [5, 5.41) is 3.47. The fourth-order valence-electron chi connectivity index (χ4n) is 2.95. The smallest absolute Gasteiger partial charge is 0.127 e. The van der Waals surface area contributed by atoms with Gasteiger partial charge in [0.25, 0.3) is 0 Å². The van der Waals surface area contributed by atoms with Crippen LogP contribution in [0.3, 0.4) is 0 Å². The molecule has 0 spiro atoms. The normalized spacial score (nSPS) is 10.5. The number of rotatable bonds is 8. The second-order valence-electron chi connectivity index (χ2n) is 6.72. The van der Waals surface area contributed by atoms with E-state index in [0.717, 1.165) is 36.1 Å². The highest BCUT2D eigenvalue weighted by atomic mass is 16.5. The molecule has 3 nitrogen and oxygen atoms in total. The van der Waals surface area contributed by atoms with E-state index in [1.54, 1.807) is 0 Å². The Morgan fingerprint density at radius 3 is 1.14 bits per heavy atom. The van der Waals surface area contributed by atoms with Crippen LogP contribution in [0.25, 0.3) is 0 Å². The molecule has 3 heteroatoms. The van der Waals surface area contributed by atoms with Crippen molar-refractivity contribution in [3.8, 4) is 23.0 Å². The van der Waals surface area contributed by atoms with Crippen LogP contribution < -0.4 is 14.8 Å². The first kappa shape index (κ1) is 18.8. The van der Waals surface area contributed by atoms with Gasteiger partial charge in [-0.25, -0.2) is 0 Å². The van der Waals surface area contributed by atoms with E-state index >= 15 is 0 Å². The second-order valence-corrected chi connectivity index (χ2v) is 6.72. The number of hydrogen-bond donors (Lipinski definition) is 1. The molecule has 0 fully saturated rings. The summed E-state index contributed by atoms with van der Waals surface area (Å²) in [6, 6.07) is 36.0. The summed E-state index contributed by atoms with van der Waals surface area (Å²) in [5.41, 5.74) is 2.43. The Morgan fingerprint density at radius 2 is 0.759 bits per heavy atom. The molecule has 0 aliphatic rings. The molecule has 0 unspecified atom stereocenters. The van der Waals surface area contributed by atoms with Crippen molar-refractivity contribution >= 4 is 0 Å². The number of benzene rings is 4. The maximum Gasteiger partial charge on any atom is 0.127 e. The minimum Gasteiger partial charge on any atom is -0.457 e. The molecule has 0 radical (unpaired) electrons. The van der Waals surface area contributed by atoms with E-state index in [1.165, 1.54) is 11.1 Å². The Hall–Kier alpha value is -3.56. The van der Waals surface area contributed by atoms with Crippen molar-refractivity contribution in [3.05, 3.63) is 120 Å². The molecule has 29 heavy (non-hydrogen) atoms. The minimum atomic E-state index is 0.799. The first-order valence-electron chi connectivity index (χ1n) is 9.69. The predicted octanol–water partition coefficient (Wildman–Crippen LogP) is 6.56. The van der Waals surface area contributed by atoms with Crippen LogP contribution in [0.4, 0.5) is 0 Å². The van der Waals surface area contributed by atoms with Crippen LogP contribution in [0.15, 0.2) is 109 Å². The number of para-hydroxylation sites is 2. The molecule has 1 N–H and O–H groups in total. The van der Waals surface area contributed by atoms with E-state index in [-0.39, 0.29) is 0 Å². The first-order valence-corrected chi connectivity index (χ1v) is 9.69. The third-order valence-electron chi connectivity index (χ3n) is 4.46. The van der Waals surface area contributed by atoms with Gasteiger partial charge in [0.05, 0.1) is 0 Å². The maximum absolute atomic E-state index is 5.83. The van der Waals surface area contributed by atoms with Gasteiger partial charge in [0, 0.05) is 13.1 Å². The van der Waals surface area contributed by atoms with Crippen molar-refractivity contribution in [1.29, 1.82) is 0 Å². The van der Waals surface area contributed by atoms with Crippen LogP contribution in [0.5, 0.6) is 23.0 Å². The lowest BCUT2D eigenvalue weighted by molar-refractivity contribution is 0.482. The molecule has 0 saturated heterocycles. The largest absolute Gasteiger partial charge is 0.457 e. The molecule has 0 bridgehead atoms. The summed E-state index contributed by atoms with van der Waals surface area (Å²) in [4.78, 5) is 0. The fraction of sp³-hybridized carbons (Fsp3) is 0.0769. The van der Waals surface area contributed by atoms with Gasteiger partial charge in [-0.15, -0.1) is 0 Å². The van der Waals surface area contributed by atoms with E-state index < -0.39 is 0 Å². The van der Waals surface area contributed by atoms with Crippen molar-refractivity contribution in [3.63, 3.8) is 0 Å². The summed E-state index contributed by atoms with van der Waals surface area (Å²) >= 11 is 0. The molecule has 4 rings (SSSR count). The van der Waals surface area contributed by atoms with Crippen LogP contribution in [0, 0.1) is 0 Å². The Labute approximate surface area is 171 Å². The van der Waals surface area contributed by atoms with Crippen LogP contribution in [-0.2, 0) is 13.1 Å². The molecule has 0 aromatic heterocycles. The van der Waals surface area contributed by atoms with Crippen LogP contribution in [0.1, 0.15) is 11.1 Å². The summed E-state index contributed by atoms with van der Waals surface area (Å²) in [5.74, 6) is 3.37. The van der Waals surface area contributed by atoms with E-state index in [0.29, 0.717) is 0 Å². The predicted molar refractivity (Wildman–Crippen MR) is 116 cm³/mol. The second kappa shape index (κ2) is 9.58. The van der Waals surface area contributed by atoms with Crippen LogP contribution in [-0.4, -0.2) is 0 Å². The van der Waals surface area contributed by atoms with Gasteiger partial charge in [-0.1, -0.05) is 60.7 Å². The van der Waals surface area contributed by atoms with Gasteiger partial charge in [0.1, 0.15) is 23.0 Å². The summed E-state index contributed by atoms with van der Waals surface area (Å²) < 4.78 is 11.7. The topological polar surface area (TPSA) is 30.5 Å². The van der Waals surface area contributed by atoms with Gasteiger partial charge in [0.15, 0.2) is 0 Å². The Morgan fingerprint density at radius 1 is 0.414 bits per heavy atom. The molecule has 0 atom stereocenters. The van der Waals surface area contributed by atoms with Gasteiger partial charge in [-0.05, 0) is 59.7 Å². The maximum atomic E-state index is 5.83. The van der Waals surface area contributed by atoms with Crippen molar-refractivity contribution in [2.45, 2.75) is 13.1 Å². The quantitative estimate of drug-likeness (QED) is 0.375. The van der Waals surface area contributed by atoms with E-state index in [1.807, 2.05) is 84.9 Å². The Balaban J connectivity index is 1.24. The SMILES string of the molecule is c1ccc(Oc2ccc(CNCc3ccc(Oc4ccccc4)cc3)cc2)cc1. The first-order chi connectivity index (χ1) is 14.3. The van der Waals surface area contributed by atoms with E-state index in [2.05, 4.69) is 29.6 Å². The molecule has 0 saturated carbocycles. The van der Waals surface area contributed by atoms with E-state index in [9.17, 15) is 0 Å². The Bertz CT molecular complexity index is 913. The van der Waals surface area contributed by atoms with Gasteiger partial charge in [0.2, 0.25) is 0 Å². The van der Waals surface area contributed by atoms with Gasteiger partial charge in [-0.3, -0.25) is 0 Å². The zero-order chi connectivity index (χ0) is 19.7. The molecule has 0 heterocycles. The molecule has 4 aromatic rings. The van der Waals surface area contributed by atoms with Crippen molar-refractivity contribution in [2.75, 3.05) is 0 Å². The molecule has 144 valence electrons. The zero-order valence-corrected chi connectivity index (χ0v) is 16.1. The molecule has 0 aliphatic heterocycles. The number of nitrogens with one attached hydrogen (secondary N) is 1. The molecular formula is C26H23NO2. The lowest BCUT2D eigenvalue weighted by atomic mass is 10.2. The highest BCUT2D eigenvalue weighted by Gasteiger charge is 2.00. The van der Waals surface area contributed by atoms with Crippen LogP contribution >= 0.6 is 0 Å². The number of ether oxygens (including phenoxy) is 2. The Kier molecular flexibility index (Phi) is 6.21. The van der Waals surface area contributed by atoms with Gasteiger partial charge in [-0.2, -0.15) is 0 Å². The summed E-state index contributed by atoms with van der Waals surface area (Å²) in [6.07, 6.45) is 0. The third-order valence-corrected chi connectivity index (χ3v) is 4.46. The molecule has 0 aliphatic carbocycles. The highest BCUT2D eigenvalue weighted by Crippen LogP contribution is 2.22. The highest BCUT2D eigenvalue weighted by molar-refractivity contribution is 5.34. The molecule has 0 amide bonds. The monoisotopic (exact) mass is 381 g/mol. The lowest BCUT2D eigenvalue weighted by Gasteiger charge is -2.09. The van der Waals surface area contributed by atoms with Gasteiger partial charge >= 0.3 is 0 Å². The van der Waals surface area contributed by atoms with Crippen molar-refractivity contribution in [1.82, 2.24) is 5.32 Å². The van der Waals surface area contributed by atoms with Crippen LogP contribution in [0.2, 0.25) is 0 Å². The average Bonchev–Trinajstić information content (AvgIpc) is 2.78. The molecule has 4 aromatic carbocycles. The van der Waals surface area contributed by atoms with E-state index in [4.69, 9.17) is 9.47 Å². The summed E-state index contributed by atoms with van der Waals surface area (Å²) in [6.45, 7) is 1.60.